The Morgan fingerprint density at radius 2 is 1.96 bits per heavy atom. The molecule has 1 aromatic carbocycles. The van der Waals surface area contributed by atoms with Crippen molar-refractivity contribution in [3.05, 3.63) is 53.0 Å². The van der Waals surface area contributed by atoms with Gasteiger partial charge in [-0.25, -0.2) is 8.42 Å². The second kappa shape index (κ2) is 7.15. The Morgan fingerprint density at radius 3 is 2.69 bits per heavy atom. The second-order valence-electron chi connectivity index (χ2n) is 6.25. The van der Waals surface area contributed by atoms with Gasteiger partial charge in [0.15, 0.2) is 4.21 Å². The van der Waals surface area contributed by atoms with Crippen molar-refractivity contribution in [1.82, 2.24) is 9.29 Å². The van der Waals surface area contributed by atoms with Gasteiger partial charge >= 0.3 is 0 Å². The smallest absolute Gasteiger partial charge is 0.254 e. The van der Waals surface area contributed by atoms with E-state index in [1.165, 1.54) is 15.6 Å². The highest BCUT2D eigenvalue weighted by Crippen LogP contribution is 2.32. The largest absolute Gasteiger partial charge is 0.382 e. The van der Waals surface area contributed by atoms with Crippen molar-refractivity contribution in [2.24, 2.45) is 0 Å². The molecule has 3 heterocycles. The third-order valence-corrected chi connectivity index (χ3v) is 8.52. The lowest BCUT2D eigenvalue weighted by molar-refractivity contribution is 0.330. The van der Waals surface area contributed by atoms with Crippen LogP contribution in [-0.2, 0) is 10.0 Å². The first kappa shape index (κ1) is 17.7. The Balaban J connectivity index is 1.46. The van der Waals surface area contributed by atoms with Crippen molar-refractivity contribution in [3.63, 3.8) is 0 Å². The lowest BCUT2D eigenvalue weighted by Gasteiger charge is -2.32. The van der Waals surface area contributed by atoms with E-state index in [0.29, 0.717) is 18.1 Å². The summed E-state index contributed by atoms with van der Waals surface area (Å²) in [6, 6.07) is 11.8. The standard InChI is InChI=1S/C18H18ClN3O2S2/c19-15-8-12-25-18(15)26(23,24)22-10-6-13(7-11-22)21-17-5-1-4-16-14(17)3-2-9-20-16/h1-5,8-9,12-13,21H,6-7,10-11H2. The summed E-state index contributed by atoms with van der Waals surface area (Å²) in [5.74, 6) is 0. The molecular weight excluding hydrogens is 390 g/mol. The molecular formula is C18H18ClN3O2S2. The highest BCUT2D eigenvalue weighted by atomic mass is 35.5. The van der Waals surface area contributed by atoms with Crippen LogP contribution in [-0.4, -0.2) is 36.8 Å². The van der Waals surface area contributed by atoms with E-state index in [4.69, 9.17) is 11.6 Å². The summed E-state index contributed by atoms with van der Waals surface area (Å²) in [6.07, 6.45) is 3.28. The number of aromatic nitrogens is 1. The fourth-order valence-corrected chi connectivity index (χ4v) is 6.55. The monoisotopic (exact) mass is 407 g/mol. The Labute approximate surface area is 161 Å². The number of fused-ring (bicyclic) bond motifs is 1. The van der Waals surface area contributed by atoms with E-state index in [1.807, 2.05) is 30.3 Å². The highest BCUT2D eigenvalue weighted by Gasteiger charge is 2.31. The number of hydrogen-bond donors (Lipinski definition) is 1. The van der Waals surface area contributed by atoms with Crippen LogP contribution in [0, 0.1) is 0 Å². The van der Waals surface area contributed by atoms with Crippen LogP contribution in [0.4, 0.5) is 5.69 Å². The first-order valence-corrected chi connectivity index (χ1v) is 11.1. The van der Waals surface area contributed by atoms with Gasteiger partial charge in [-0.1, -0.05) is 17.7 Å². The molecule has 0 atom stereocenters. The van der Waals surface area contributed by atoms with E-state index in [2.05, 4.69) is 10.3 Å². The van der Waals surface area contributed by atoms with Gasteiger partial charge in [0, 0.05) is 36.4 Å². The fourth-order valence-electron chi connectivity index (χ4n) is 3.27. The first-order valence-electron chi connectivity index (χ1n) is 8.39. The minimum absolute atomic E-state index is 0.228. The number of anilines is 1. The molecule has 4 rings (SSSR count). The summed E-state index contributed by atoms with van der Waals surface area (Å²) in [5.41, 5.74) is 1.99. The Hall–Kier alpha value is -1.67. The molecule has 3 aromatic rings. The minimum Gasteiger partial charge on any atom is -0.382 e. The molecule has 0 radical (unpaired) electrons. The maximum atomic E-state index is 12.7. The van der Waals surface area contributed by atoms with Crippen LogP contribution in [0.15, 0.2) is 52.2 Å². The number of pyridine rings is 1. The van der Waals surface area contributed by atoms with Crippen LogP contribution in [0.5, 0.6) is 0 Å². The van der Waals surface area contributed by atoms with Crippen molar-refractivity contribution in [2.45, 2.75) is 23.1 Å². The molecule has 5 nitrogen and oxygen atoms in total. The van der Waals surface area contributed by atoms with Gasteiger partial charge in [0.25, 0.3) is 10.0 Å². The van der Waals surface area contributed by atoms with Crippen LogP contribution >= 0.6 is 22.9 Å². The summed E-state index contributed by atoms with van der Waals surface area (Å²) in [5, 5.41) is 6.65. The average molecular weight is 408 g/mol. The zero-order chi connectivity index (χ0) is 18.1. The lowest BCUT2D eigenvalue weighted by atomic mass is 10.1. The van der Waals surface area contributed by atoms with Gasteiger partial charge in [-0.3, -0.25) is 4.98 Å². The van der Waals surface area contributed by atoms with E-state index in [9.17, 15) is 8.42 Å². The maximum Gasteiger partial charge on any atom is 0.254 e. The van der Waals surface area contributed by atoms with Crippen LogP contribution < -0.4 is 5.32 Å². The topological polar surface area (TPSA) is 62.3 Å². The van der Waals surface area contributed by atoms with Crippen molar-refractivity contribution in [3.8, 4) is 0 Å². The van der Waals surface area contributed by atoms with Gasteiger partial charge in [0.1, 0.15) is 0 Å². The number of sulfonamides is 1. The number of hydrogen-bond acceptors (Lipinski definition) is 5. The number of nitrogens with one attached hydrogen (secondary N) is 1. The zero-order valence-corrected chi connectivity index (χ0v) is 16.3. The van der Waals surface area contributed by atoms with Crippen LogP contribution in [0.1, 0.15) is 12.8 Å². The van der Waals surface area contributed by atoms with Gasteiger partial charge in [-0.05, 0) is 48.6 Å². The third-order valence-electron chi connectivity index (χ3n) is 4.62. The Morgan fingerprint density at radius 1 is 1.15 bits per heavy atom. The van der Waals surface area contributed by atoms with Gasteiger partial charge in [0.2, 0.25) is 0 Å². The molecule has 0 bridgehead atoms. The maximum absolute atomic E-state index is 12.7. The van der Waals surface area contributed by atoms with Gasteiger partial charge in [-0.15, -0.1) is 11.3 Å². The second-order valence-corrected chi connectivity index (χ2v) is 9.71. The number of halogens is 1. The van der Waals surface area contributed by atoms with Crippen LogP contribution in [0.25, 0.3) is 10.9 Å². The van der Waals surface area contributed by atoms with E-state index >= 15 is 0 Å². The quantitative estimate of drug-likeness (QED) is 0.703. The fraction of sp³-hybridized carbons (Fsp3) is 0.278. The number of rotatable bonds is 4. The normalized spacial score (nSPS) is 16.8. The number of thiophene rings is 1. The lowest BCUT2D eigenvalue weighted by Crippen LogP contribution is -2.42. The third kappa shape index (κ3) is 3.32. The molecule has 26 heavy (non-hydrogen) atoms. The summed E-state index contributed by atoms with van der Waals surface area (Å²) in [4.78, 5) is 4.38. The molecule has 1 saturated heterocycles. The molecule has 0 unspecified atom stereocenters. The summed E-state index contributed by atoms with van der Waals surface area (Å²) < 4.78 is 27.2. The Bertz CT molecular complexity index is 1020. The SMILES string of the molecule is O=S(=O)(c1sccc1Cl)N1CCC(Nc2cccc3ncccc23)CC1. The first-order chi connectivity index (χ1) is 12.6. The highest BCUT2D eigenvalue weighted by molar-refractivity contribution is 7.91. The van der Waals surface area contributed by atoms with E-state index in [1.54, 1.807) is 17.6 Å². The van der Waals surface area contributed by atoms with E-state index in [-0.39, 0.29) is 10.3 Å². The number of benzene rings is 1. The molecule has 1 aliphatic rings. The van der Waals surface area contributed by atoms with Crippen molar-refractivity contribution in [1.29, 1.82) is 0 Å². The molecule has 0 spiro atoms. The van der Waals surface area contributed by atoms with Crippen molar-refractivity contribution in [2.75, 3.05) is 18.4 Å². The molecule has 0 aliphatic carbocycles. The summed E-state index contributed by atoms with van der Waals surface area (Å²) in [7, 11) is -3.50. The van der Waals surface area contributed by atoms with E-state index < -0.39 is 10.0 Å². The average Bonchev–Trinajstić information content (AvgIpc) is 3.09. The van der Waals surface area contributed by atoms with Crippen molar-refractivity contribution < 1.29 is 8.42 Å². The number of piperidine rings is 1. The molecule has 1 N–H and O–H groups in total. The minimum atomic E-state index is -3.50. The molecule has 0 amide bonds. The predicted molar refractivity (Wildman–Crippen MR) is 106 cm³/mol. The van der Waals surface area contributed by atoms with Gasteiger partial charge in [-0.2, -0.15) is 4.31 Å². The van der Waals surface area contributed by atoms with Crippen molar-refractivity contribution >= 4 is 49.6 Å². The summed E-state index contributed by atoms with van der Waals surface area (Å²) in [6.45, 7) is 0.967. The molecule has 8 heteroatoms. The zero-order valence-electron chi connectivity index (χ0n) is 13.9. The van der Waals surface area contributed by atoms with Gasteiger partial charge < -0.3 is 5.32 Å². The summed E-state index contributed by atoms with van der Waals surface area (Å²) >= 11 is 7.19. The Kier molecular flexibility index (Phi) is 4.88. The van der Waals surface area contributed by atoms with Crippen LogP contribution in [0.2, 0.25) is 5.02 Å². The molecule has 136 valence electrons. The van der Waals surface area contributed by atoms with Crippen LogP contribution in [0.3, 0.4) is 0 Å². The molecule has 1 aliphatic heterocycles. The molecule has 0 saturated carbocycles. The van der Waals surface area contributed by atoms with Gasteiger partial charge in [0.05, 0.1) is 10.5 Å². The number of nitrogens with zero attached hydrogens (tertiary/aromatic N) is 2. The predicted octanol–water partition coefficient (Wildman–Crippen LogP) is 4.21. The molecule has 2 aromatic heterocycles. The van der Waals surface area contributed by atoms with E-state index in [0.717, 1.165) is 29.4 Å². The molecule has 1 fully saturated rings.